The number of piperidine rings is 1. The van der Waals surface area contributed by atoms with Gasteiger partial charge in [0.25, 0.3) is 0 Å². The van der Waals surface area contributed by atoms with Crippen LogP contribution in [0.5, 0.6) is 0 Å². The van der Waals surface area contributed by atoms with Gasteiger partial charge in [0.05, 0.1) is 19.6 Å². The smallest absolute Gasteiger partial charge is 0.307 e. The molecule has 1 fully saturated rings. The second-order valence-corrected chi connectivity index (χ2v) is 10.4. The van der Waals surface area contributed by atoms with Gasteiger partial charge in [0, 0.05) is 32.7 Å². The summed E-state index contributed by atoms with van der Waals surface area (Å²) in [6.45, 7) is 2.17. The SMILES string of the molecule is COC(=O)C[C@H](N)C(=O)N(Cc1ccc(F)cc1)C1(C(=O)NCc2ccccc2)CCN(Cc2ccccc2)CC1. The van der Waals surface area contributed by atoms with E-state index in [0.29, 0.717) is 38.0 Å². The van der Waals surface area contributed by atoms with Gasteiger partial charge in [-0.05, 0) is 41.7 Å². The molecule has 0 unspecified atom stereocenters. The fraction of sp³-hybridized carbons (Fsp3) is 0.344. The zero-order chi connectivity index (χ0) is 29.2. The van der Waals surface area contributed by atoms with E-state index < -0.39 is 29.3 Å². The van der Waals surface area contributed by atoms with E-state index in [0.717, 1.165) is 17.7 Å². The molecule has 41 heavy (non-hydrogen) atoms. The summed E-state index contributed by atoms with van der Waals surface area (Å²) in [5, 5.41) is 3.05. The summed E-state index contributed by atoms with van der Waals surface area (Å²) in [7, 11) is 1.23. The molecule has 0 bridgehead atoms. The Hall–Kier alpha value is -4.08. The maximum atomic E-state index is 14.1. The van der Waals surface area contributed by atoms with Gasteiger partial charge in [0.15, 0.2) is 0 Å². The van der Waals surface area contributed by atoms with E-state index in [2.05, 4.69) is 22.3 Å². The Bertz CT molecular complexity index is 1300. The highest BCUT2D eigenvalue weighted by atomic mass is 19.1. The number of benzene rings is 3. The summed E-state index contributed by atoms with van der Waals surface area (Å²) in [5.41, 5.74) is 7.74. The number of nitrogens with two attached hydrogens (primary N) is 1. The molecule has 2 amide bonds. The first kappa shape index (κ1) is 29.9. The number of halogens is 1. The van der Waals surface area contributed by atoms with Crippen molar-refractivity contribution in [3.05, 3.63) is 107 Å². The molecule has 1 aliphatic rings. The average molecular weight is 561 g/mol. The van der Waals surface area contributed by atoms with Crippen molar-refractivity contribution in [2.24, 2.45) is 5.73 Å². The highest BCUT2D eigenvalue weighted by molar-refractivity contribution is 5.94. The molecule has 1 atom stereocenters. The topological polar surface area (TPSA) is 105 Å². The number of nitrogens with zero attached hydrogens (tertiary/aromatic N) is 2. The van der Waals surface area contributed by atoms with Gasteiger partial charge in [-0.1, -0.05) is 72.8 Å². The molecule has 1 saturated heterocycles. The fourth-order valence-corrected chi connectivity index (χ4v) is 5.25. The Balaban J connectivity index is 1.65. The molecule has 0 aromatic heterocycles. The molecule has 0 radical (unpaired) electrons. The third-order valence-electron chi connectivity index (χ3n) is 7.62. The molecule has 4 rings (SSSR count). The number of likely N-dealkylation sites (tertiary alicyclic amines) is 1. The molecule has 216 valence electrons. The molecule has 0 spiro atoms. The third-order valence-corrected chi connectivity index (χ3v) is 7.62. The van der Waals surface area contributed by atoms with Crippen molar-refractivity contribution in [1.82, 2.24) is 15.1 Å². The number of hydrogen-bond acceptors (Lipinski definition) is 6. The molecule has 3 aromatic rings. The predicted octanol–water partition coefficient (Wildman–Crippen LogP) is 3.40. The molecule has 0 saturated carbocycles. The molecule has 1 aliphatic heterocycles. The summed E-state index contributed by atoms with van der Waals surface area (Å²) in [6, 6.07) is 24.2. The largest absolute Gasteiger partial charge is 0.469 e. The Morgan fingerprint density at radius 2 is 1.51 bits per heavy atom. The van der Waals surface area contributed by atoms with Crippen LogP contribution in [0.4, 0.5) is 4.39 Å². The Morgan fingerprint density at radius 1 is 0.927 bits per heavy atom. The van der Waals surface area contributed by atoms with Crippen LogP contribution < -0.4 is 11.1 Å². The van der Waals surface area contributed by atoms with E-state index in [-0.39, 0.29) is 18.9 Å². The summed E-state index contributed by atoms with van der Waals surface area (Å²) >= 11 is 0. The van der Waals surface area contributed by atoms with Gasteiger partial charge < -0.3 is 20.7 Å². The number of ether oxygens (including phenoxy) is 1. The van der Waals surface area contributed by atoms with E-state index in [9.17, 15) is 18.8 Å². The van der Waals surface area contributed by atoms with Crippen molar-refractivity contribution in [1.29, 1.82) is 0 Å². The van der Waals surface area contributed by atoms with Crippen LogP contribution in [0.15, 0.2) is 84.9 Å². The van der Waals surface area contributed by atoms with Gasteiger partial charge in [-0.2, -0.15) is 0 Å². The van der Waals surface area contributed by atoms with E-state index in [1.165, 1.54) is 24.1 Å². The third kappa shape index (κ3) is 7.77. The molecule has 1 heterocycles. The van der Waals surface area contributed by atoms with Crippen LogP contribution in [-0.2, 0) is 38.8 Å². The van der Waals surface area contributed by atoms with Crippen LogP contribution in [0.3, 0.4) is 0 Å². The van der Waals surface area contributed by atoms with Crippen LogP contribution in [0.1, 0.15) is 36.0 Å². The summed E-state index contributed by atoms with van der Waals surface area (Å²) in [6.07, 6.45) is 0.397. The number of methoxy groups -OCH3 is 1. The van der Waals surface area contributed by atoms with E-state index in [4.69, 9.17) is 10.5 Å². The second-order valence-electron chi connectivity index (χ2n) is 10.4. The van der Waals surface area contributed by atoms with Gasteiger partial charge >= 0.3 is 5.97 Å². The second kappa shape index (κ2) is 14.0. The quantitative estimate of drug-likeness (QED) is 0.349. The molecule has 9 heteroatoms. The number of carbonyl (C=O) groups excluding carboxylic acids is 3. The van der Waals surface area contributed by atoms with Crippen LogP contribution in [0, 0.1) is 5.82 Å². The van der Waals surface area contributed by atoms with E-state index >= 15 is 0 Å². The van der Waals surface area contributed by atoms with Crippen LogP contribution in [0.25, 0.3) is 0 Å². The number of amides is 2. The number of carbonyl (C=O) groups is 3. The fourth-order valence-electron chi connectivity index (χ4n) is 5.25. The van der Waals surface area contributed by atoms with Crippen LogP contribution >= 0.6 is 0 Å². The van der Waals surface area contributed by atoms with Crippen molar-refractivity contribution < 1.29 is 23.5 Å². The first-order chi connectivity index (χ1) is 19.8. The Morgan fingerprint density at radius 3 is 2.10 bits per heavy atom. The standard InChI is InChI=1S/C32H37FN4O4/c1-41-29(38)20-28(34)30(39)37(23-26-12-14-27(33)15-13-26)32(31(40)35-21-24-8-4-2-5-9-24)16-18-36(19-17-32)22-25-10-6-3-7-11-25/h2-15,28H,16-23,34H2,1H3,(H,35,40)/t28-/m0/s1. The lowest BCUT2D eigenvalue weighted by molar-refractivity contribution is -0.155. The molecular formula is C32H37FN4O4. The van der Waals surface area contributed by atoms with Gasteiger partial charge in [-0.25, -0.2) is 4.39 Å². The first-order valence-electron chi connectivity index (χ1n) is 13.8. The maximum Gasteiger partial charge on any atom is 0.307 e. The molecule has 8 nitrogen and oxygen atoms in total. The average Bonchev–Trinajstić information content (AvgIpc) is 3.00. The number of rotatable bonds is 11. The summed E-state index contributed by atoms with van der Waals surface area (Å²) in [4.78, 5) is 43.8. The summed E-state index contributed by atoms with van der Waals surface area (Å²) in [5.74, 6) is -1.85. The number of nitrogens with one attached hydrogen (secondary N) is 1. The molecule has 0 aliphatic carbocycles. The molecule has 3 N–H and O–H groups in total. The Kier molecular flexibility index (Phi) is 10.2. The zero-order valence-electron chi connectivity index (χ0n) is 23.3. The number of esters is 1. The minimum atomic E-state index is -1.23. The molecular weight excluding hydrogens is 523 g/mol. The Labute approximate surface area is 240 Å². The van der Waals surface area contributed by atoms with Crippen molar-refractivity contribution in [2.45, 2.75) is 50.5 Å². The number of hydrogen-bond donors (Lipinski definition) is 2. The van der Waals surface area contributed by atoms with Crippen LogP contribution in [-0.4, -0.2) is 59.4 Å². The lowest BCUT2D eigenvalue weighted by Gasteiger charge is -2.48. The van der Waals surface area contributed by atoms with Crippen molar-refractivity contribution in [3.63, 3.8) is 0 Å². The predicted molar refractivity (Wildman–Crippen MR) is 154 cm³/mol. The van der Waals surface area contributed by atoms with Crippen molar-refractivity contribution in [2.75, 3.05) is 20.2 Å². The van der Waals surface area contributed by atoms with Crippen molar-refractivity contribution in [3.8, 4) is 0 Å². The maximum absolute atomic E-state index is 14.1. The van der Waals surface area contributed by atoms with Gasteiger partial charge in [0.2, 0.25) is 11.8 Å². The molecule has 3 aromatic carbocycles. The van der Waals surface area contributed by atoms with Gasteiger partial charge in [-0.3, -0.25) is 19.3 Å². The highest BCUT2D eigenvalue weighted by Gasteiger charge is 2.49. The van der Waals surface area contributed by atoms with Gasteiger partial charge in [-0.15, -0.1) is 0 Å². The van der Waals surface area contributed by atoms with E-state index in [1.807, 2.05) is 48.5 Å². The lowest BCUT2D eigenvalue weighted by atomic mass is 9.83. The van der Waals surface area contributed by atoms with E-state index in [1.54, 1.807) is 12.1 Å². The van der Waals surface area contributed by atoms with Crippen LogP contribution in [0.2, 0.25) is 0 Å². The minimum absolute atomic E-state index is 0.0332. The zero-order valence-corrected chi connectivity index (χ0v) is 23.3. The lowest BCUT2D eigenvalue weighted by Crippen LogP contribution is -2.66. The summed E-state index contributed by atoms with van der Waals surface area (Å²) < 4.78 is 18.5. The first-order valence-corrected chi connectivity index (χ1v) is 13.8. The van der Waals surface area contributed by atoms with Gasteiger partial charge in [0.1, 0.15) is 11.4 Å². The monoisotopic (exact) mass is 560 g/mol. The van der Waals surface area contributed by atoms with Crippen molar-refractivity contribution >= 4 is 17.8 Å². The minimum Gasteiger partial charge on any atom is -0.469 e. The highest BCUT2D eigenvalue weighted by Crippen LogP contribution is 2.33. The normalized spacial score (nSPS) is 15.5.